The molecule has 16 heteroatoms. The van der Waals surface area contributed by atoms with Gasteiger partial charge in [0.1, 0.15) is 0 Å². The molecule has 1 aromatic heterocycles. The van der Waals surface area contributed by atoms with Crippen molar-refractivity contribution in [2.75, 3.05) is 7.11 Å². The van der Waals surface area contributed by atoms with Gasteiger partial charge >= 0.3 is 24.1 Å². The predicted octanol–water partition coefficient (Wildman–Crippen LogP) is 2.60. The van der Waals surface area contributed by atoms with Crippen LogP contribution >= 0.6 is 11.3 Å². The summed E-state index contributed by atoms with van der Waals surface area (Å²) in [6.45, 7) is 2.10. The van der Waals surface area contributed by atoms with Gasteiger partial charge in [-0.1, -0.05) is 42.5 Å². The van der Waals surface area contributed by atoms with Gasteiger partial charge in [-0.15, -0.1) is 11.3 Å². The zero-order valence-corrected chi connectivity index (χ0v) is 23.0. The Morgan fingerprint density at radius 2 is 1.64 bits per heavy atom. The van der Waals surface area contributed by atoms with Crippen molar-refractivity contribution >= 4 is 41.1 Å². The van der Waals surface area contributed by atoms with E-state index in [1.807, 2.05) is 6.07 Å². The van der Waals surface area contributed by atoms with E-state index in [2.05, 4.69) is 15.0 Å². The van der Waals surface area contributed by atoms with Gasteiger partial charge in [0.25, 0.3) is 11.8 Å². The number of hydrogen-bond donors (Lipinski definition) is 5. The number of primary amides is 1. The third kappa shape index (κ3) is 11.7. The molecule has 0 saturated carbocycles. The average molecular weight is 613 g/mol. The highest BCUT2D eigenvalue weighted by Crippen LogP contribution is 2.18. The van der Waals surface area contributed by atoms with Crippen LogP contribution in [-0.4, -0.2) is 58.2 Å². The molecule has 0 aliphatic carbocycles. The van der Waals surface area contributed by atoms with Crippen LogP contribution in [0.4, 0.5) is 13.2 Å². The number of carbonyl (C=O) groups excluding carboxylic acids is 3. The van der Waals surface area contributed by atoms with Gasteiger partial charge in [-0.3, -0.25) is 14.4 Å². The molecular formula is C26H27F3N4O8S. The van der Waals surface area contributed by atoms with Crippen LogP contribution in [0, 0.1) is 6.92 Å². The maximum absolute atomic E-state index is 12.2. The number of aromatic nitrogens is 1. The number of carboxylic acids is 2. The summed E-state index contributed by atoms with van der Waals surface area (Å²) in [5, 5.41) is 19.2. The SMILES string of the molecule is COC(=O)Cc1nc(C(N)=O)sc1C.NCc1cccc(C(=O)N[C@@H](C(=O)O)c2ccccc2)c1.O=C(O)C(F)(F)F. The van der Waals surface area contributed by atoms with Crippen molar-refractivity contribution < 1.29 is 52.1 Å². The minimum absolute atomic E-state index is 0.0755. The van der Waals surface area contributed by atoms with Crippen molar-refractivity contribution in [1.82, 2.24) is 10.3 Å². The highest BCUT2D eigenvalue weighted by atomic mass is 32.1. The minimum Gasteiger partial charge on any atom is -0.479 e. The number of thiazole rings is 1. The first-order valence-corrected chi connectivity index (χ1v) is 12.4. The Kier molecular flexibility index (Phi) is 13.8. The summed E-state index contributed by atoms with van der Waals surface area (Å²) in [6, 6.07) is 14.3. The minimum atomic E-state index is -5.08. The number of carboxylic acid groups (broad SMARTS) is 2. The zero-order valence-electron chi connectivity index (χ0n) is 22.2. The standard InChI is InChI=1S/C16H16N2O3.C8H10N2O3S.C2HF3O2/c17-10-11-5-4-8-13(9-11)15(19)18-14(16(20)21)12-6-2-1-3-7-12;1-4-5(3-6(11)13-2)10-8(14-4)7(9)12;3-2(4,5)1(6)7/h1-9,14H,10,17H2,(H,18,19)(H,20,21);3H2,1-2H3,(H2,9,12);(H,6,7)/t14-;;/m1../s1. The summed E-state index contributed by atoms with van der Waals surface area (Å²) in [5.41, 5.74) is 12.9. The molecule has 0 aliphatic rings. The van der Waals surface area contributed by atoms with Crippen LogP contribution < -0.4 is 16.8 Å². The third-order valence-corrected chi connectivity index (χ3v) is 5.99. The topological polar surface area (TPSA) is 212 Å². The van der Waals surface area contributed by atoms with E-state index in [-0.39, 0.29) is 17.4 Å². The largest absolute Gasteiger partial charge is 0.490 e. The number of nitrogens with one attached hydrogen (secondary N) is 1. The summed E-state index contributed by atoms with van der Waals surface area (Å²) < 4.78 is 36.2. The average Bonchev–Trinajstić information content (AvgIpc) is 3.32. The van der Waals surface area contributed by atoms with Crippen LogP contribution in [0.3, 0.4) is 0 Å². The fourth-order valence-electron chi connectivity index (χ4n) is 2.89. The number of benzene rings is 2. The molecule has 0 unspecified atom stereocenters. The summed E-state index contributed by atoms with van der Waals surface area (Å²) >= 11 is 1.18. The number of halogens is 3. The van der Waals surface area contributed by atoms with Crippen molar-refractivity contribution in [3.8, 4) is 0 Å². The summed E-state index contributed by atoms with van der Waals surface area (Å²) in [7, 11) is 1.30. The number of nitrogens with zero attached hydrogens (tertiary/aromatic N) is 1. The van der Waals surface area contributed by atoms with E-state index < -0.39 is 36.0 Å². The molecule has 0 radical (unpaired) electrons. The van der Waals surface area contributed by atoms with Gasteiger partial charge in [-0.2, -0.15) is 13.2 Å². The molecule has 1 heterocycles. The molecule has 3 aromatic rings. The van der Waals surface area contributed by atoms with E-state index in [0.29, 0.717) is 23.4 Å². The van der Waals surface area contributed by atoms with Gasteiger partial charge in [0.2, 0.25) is 0 Å². The second kappa shape index (κ2) is 16.4. The molecule has 42 heavy (non-hydrogen) atoms. The summed E-state index contributed by atoms with van der Waals surface area (Å²) in [4.78, 5) is 58.9. The molecule has 0 fully saturated rings. The lowest BCUT2D eigenvalue weighted by Gasteiger charge is -2.15. The Bertz CT molecular complexity index is 1400. The maximum atomic E-state index is 12.2. The van der Waals surface area contributed by atoms with Gasteiger partial charge < -0.3 is 31.7 Å². The molecule has 7 N–H and O–H groups in total. The van der Waals surface area contributed by atoms with Crippen LogP contribution in [0.1, 0.15) is 47.9 Å². The highest BCUT2D eigenvalue weighted by Gasteiger charge is 2.38. The van der Waals surface area contributed by atoms with Gasteiger partial charge in [-0.25, -0.2) is 14.6 Å². The third-order valence-electron chi connectivity index (χ3n) is 4.97. The Morgan fingerprint density at radius 3 is 2.10 bits per heavy atom. The molecule has 226 valence electrons. The van der Waals surface area contributed by atoms with Crippen molar-refractivity contribution in [1.29, 1.82) is 0 Å². The van der Waals surface area contributed by atoms with Crippen LogP contribution in [0.25, 0.3) is 0 Å². The number of esters is 1. The highest BCUT2D eigenvalue weighted by molar-refractivity contribution is 7.13. The number of hydrogen-bond acceptors (Lipinski definition) is 9. The van der Waals surface area contributed by atoms with E-state index in [1.54, 1.807) is 55.5 Å². The Morgan fingerprint density at radius 1 is 1.05 bits per heavy atom. The van der Waals surface area contributed by atoms with Crippen LogP contribution in [0.15, 0.2) is 54.6 Å². The number of methoxy groups -OCH3 is 1. The molecule has 2 aromatic carbocycles. The number of amides is 2. The number of nitrogens with two attached hydrogens (primary N) is 2. The molecular weight excluding hydrogens is 585 g/mol. The molecule has 0 saturated heterocycles. The number of rotatable bonds is 8. The van der Waals surface area contributed by atoms with Gasteiger partial charge in [0, 0.05) is 17.0 Å². The summed E-state index contributed by atoms with van der Waals surface area (Å²) in [6.07, 6.45) is -5.01. The van der Waals surface area contributed by atoms with Crippen LogP contribution in [0.2, 0.25) is 0 Å². The number of aliphatic carboxylic acids is 2. The molecule has 12 nitrogen and oxygen atoms in total. The van der Waals surface area contributed by atoms with Gasteiger partial charge in [-0.05, 0) is 30.2 Å². The van der Waals surface area contributed by atoms with Crippen molar-refractivity contribution in [3.63, 3.8) is 0 Å². The van der Waals surface area contributed by atoms with Gasteiger partial charge in [0.15, 0.2) is 11.0 Å². The van der Waals surface area contributed by atoms with Crippen LogP contribution in [0.5, 0.6) is 0 Å². The van der Waals surface area contributed by atoms with Crippen LogP contribution in [-0.2, 0) is 32.1 Å². The van der Waals surface area contributed by atoms with Gasteiger partial charge in [0.05, 0.1) is 19.2 Å². The second-order valence-electron chi connectivity index (χ2n) is 8.00. The number of alkyl halides is 3. The monoisotopic (exact) mass is 612 g/mol. The molecule has 3 rings (SSSR count). The molecule has 0 spiro atoms. The molecule has 2 amide bonds. The summed E-state index contributed by atoms with van der Waals surface area (Å²) in [5.74, 6) is -5.26. The number of aryl methyl sites for hydroxylation is 1. The lowest BCUT2D eigenvalue weighted by Crippen LogP contribution is -2.33. The van der Waals surface area contributed by atoms with E-state index in [1.165, 1.54) is 18.4 Å². The lowest BCUT2D eigenvalue weighted by molar-refractivity contribution is -0.192. The first-order chi connectivity index (χ1) is 19.6. The predicted molar refractivity (Wildman–Crippen MR) is 143 cm³/mol. The smallest absolute Gasteiger partial charge is 0.479 e. The first kappa shape index (κ1) is 35.2. The fourth-order valence-corrected chi connectivity index (χ4v) is 3.68. The van der Waals surface area contributed by atoms with Crippen molar-refractivity contribution in [2.24, 2.45) is 11.5 Å². The normalized spacial score (nSPS) is 11.0. The fraction of sp³-hybridized carbons (Fsp3) is 0.231. The number of carbonyl (C=O) groups is 5. The Labute approximate surface area is 241 Å². The van der Waals surface area contributed by atoms with Crippen molar-refractivity contribution in [3.05, 3.63) is 86.9 Å². The first-order valence-electron chi connectivity index (χ1n) is 11.6. The zero-order chi connectivity index (χ0) is 32.0. The Balaban J connectivity index is 0.000000361. The quantitative estimate of drug-likeness (QED) is 0.235. The van der Waals surface area contributed by atoms with Crippen molar-refractivity contribution in [2.45, 2.75) is 32.1 Å². The van der Waals surface area contributed by atoms with E-state index in [9.17, 15) is 37.5 Å². The van der Waals surface area contributed by atoms with E-state index >= 15 is 0 Å². The number of ether oxygens (including phenoxy) is 1. The molecule has 0 aliphatic heterocycles. The lowest BCUT2D eigenvalue weighted by atomic mass is 10.1. The van der Waals surface area contributed by atoms with E-state index in [4.69, 9.17) is 21.4 Å². The molecule has 0 bridgehead atoms. The van der Waals surface area contributed by atoms with E-state index in [0.717, 1.165) is 10.4 Å². The second-order valence-corrected chi connectivity index (χ2v) is 9.21. The Hall–Kier alpha value is -4.83. The molecule has 1 atom stereocenters. The maximum Gasteiger partial charge on any atom is 0.490 e.